The van der Waals surface area contributed by atoms with Crippen LogP contribution in [0, 0.1) is 5.82 Å². The summed E-state index contributed by atoms with van der Waals surface area (Å²) < 4.78 is 25.3. The van der Waals surface area contributed by atoms with E-state index < -0.39 is 5.82 Å². The van der Waals surface area contributed by atoms with Crippen LogP contribution in [0.2, 0.25) is 0 Å². The molecule has 1 aliphatic heterocycles. The number of hydrogen-bond donors (Lipinski definition) is 2. The standard InChI is InChI=1S/C26H26FN5O3/c1-34-12-13-35-20-7-4-17(5-8-20)18-14-23-25(28-16-18)31-24(30-23)21-15-19(6-9-22(21)27)29-26(33)32-10-2-3-11-32/h4-9,14-16H,2-3,10-13H2,1H3,(H,29,33)(H,28,30,31). The largest absolute Gasteiger partial charge is 0.491 e. The van der Waals surface area contributed by atoms with Crippen LogP contribution in [0.25, 0.3) is 33.7 Å². The quantitative estimate of drug-likeness (QED) is 0.364. The number of halogens is 1. The first-order valence-corrected chi connectivity index (χ1v) is 11.5. The number of pyridine rings is 1. The van der Waals surface area contributed by atoms with Crippen molar-refractivity contribution in [2.75, 3.05) is 38.7 Å². The van der Waals surface area contributed by atoms with Crippen molar-refractivity contribution < 1.29 is 18.7 Å². The highest BCUT2D eigenvalue weighted by Gasteiger charge is 2.19. The molecule has 9 heteroatoms. The number of urea groups is 1. The number of hydrogen-bond acceptors (Lipinski definition) is 5. The monoisotopic (exact) mass is 475 g/mol. The van der Waals surface area contributed by atoms with Crippen molar-refractivity contribution in [2.45, 2.75) is 12.8 Å². The summed E-state index contributed by atoms with van der Waals surface area (Å²) in [6.45, 7) is 2.49. The summed E-state index contributed by atoms with van der Waals surface area (Å²) in [4.78, 5) is 26.3. The summed E-state index contributed by atoms with van der Waals surface area (Å²) in [5.74, 6) is 0.671. The zero-order valence-corrected chi connectivity index (χ0v) is 19.4. The first-order chi connectivity index (χ1) is 17.1. The molecule has 0 atom stereocenters. The average Bonchev–Trinajstić information content (AvgIpc) is 3.56. The molecule has 0 saturated carbocycles. The van der Waals surface area contributed by atoms with Gasteiger partial charge in [-0.25, -0.2) is 19.2 Å². The SMILES string of the molecule is COCCOc1ccc(-c2cnc3nc(-c4cc(NC(=O)N5CCCC5)ccc4F)[nH]c3c2)cc1. The third-order valence-corrected chi connectivity index (χ3v) is 5.95. The van der Waals surface area contributed by atoms with E-state index in [0.29, 0.717) is 35.9 Å². The van der Waals surface area contributed by atoms with E-state index in [9.17, 15) is 9.18 Å². The summed E-state index contributed by atoms with van der Waals surface area (Å²) in [7, 11) is 1.63. The lowest BCUT2D eigenvalue weighted by Crippen LogP contribution is -2.32. The lowest BCUT2D eigenvalue weighted by Gasteiger charge is -2.16. The number of amides is 2. The number of carbonyl (C=O) groups is 1. The molecule has 4 aromatic rings. The zero-order chi connectivity index (χ0) is 24.2. The molecule has 1 saturated heterocycles. The van der Waals surface area contributed by atoms with Crippen LogP contribution in [0.3, 0.4) is 0 Å². The Labute approximate surface area is 202 Å². The number of fused-ring (bicyclic) bond motifs is 1. The predicted octanol–water partition coefficient (Wildman–Crippen LogP) is 5.08. The Morgan fingerprint density at radius 1 is 1.09 bits per heavy atom. The molecule has 0 aliphatic carbocycles. The Morgan fingerprint density at radius 3 is 2.66 bits per heavy atom. The minimum absolute atomic E-state index is 0.175. The molecule has 2 amide bonds. The maximum Gasteiger partial charge on any atom is 0.321 e. The van der Waals surface area contributed by atoms with Crippen molar-refractivity contribution in [3.63, 3.8) is 0 Å². The van der Waals surface area contributed by atoms with Crippen LogP contribution in [0.15, 0.2) is 54.7 Å². The second-order valence-electron chi connectivity index (χ2n) is 8.37. The molecular weight excluding hydrogens is 449 g/mol. The van der Waals surface area contributed by atoms with Gasteiger partial charge in [-0.05, 0) is 54.8 Å². The van der Waals surface area contributed by atoms with Gasteiger partial charge < -0.3 is 24.7 Å². The van der Waals surface area contributed by atoms with Gasteiger partial charge in [0.05, 0.1) is 17.7 Å². The van der Waals surface area contributed by atoms with Gasteiger partial charge in [0.2, 0.25) is 0 Å². The summed E-state index contributed by atoms with van der Waals surface area (Å²) in [6, 6.07) is 13.9. The van der Waals surface area contributed by atoms with Crippen molar-refractivity contribution in [1.82, 2.24) is 19.9 Å². The first-order valence-electron chi connectivity index (χ1n) is 11.5. The number of aromatic amines is 1. The van der Waals surface area contributed by atoms with E-state index in [1.54, 1.807) is 30.3 Å². The maximum absolute atomic E-state index is 14.7. The molecule has 0 unspecified atom stereocenters. The normalized spacial score (nSPS) is 13.4. The summed E-state index contributed by atoms with van der Waals surface area (Å²) >= 11 is 0. The fourth-order valence-corrected chi connectivity index (χ4v) is 4.08. The van der Waals surface area contributed by atoms with Crippen LogP contribution in [-0.4, -0.2) is 59.3 Å². The van der Waals surface area contributed by atoms with Crippen LogP contribution in [0.5, 0.6) is 5.75 Å². The number of nitrogens with one attached hydrogen (secondary N) is 2. The highest BCUT2D eigenvalue weighted by atomic mass is 19.1. The Kier molecular flexibility index (Phi) is 6.58. The maximum atomic E-state index is 14.7. The molecular formula is C26H26FN5O3. The second kappa shape index (κ2) is 10.1. The molecule has 1 fully saturated rings. The molecule has 180 valence electrons. The number of anilines is 1. The molecule has 3 heterocycles. The van der Waals surface area contributed by atoms with Gasteiger partial charge in [0, 0.05) is 37.6 Å². The number of rotatable bonds is 7. The first kappa shape index (κ1) is 22.8. The Bertz CT molecular complexity index is 1330. The van der Waals surface area contributed by atoms with Crippen molar-refractivity contribution in [3.8, 4) is 28.3 Å². The van der Waals surface area contributed by atoms with E-state index in [1.165, 1.54) is 6.07 Å². The topological polar surface area (TPSA) is 92.4 Å². The van der Waals surface area contributed by atoms with Crippen LogP contribution in [-0.2, 0) is 4.74 Å². The van der Waals surface area contributed by atoms with Gasteiger partial charge in [-0.3, -0.25) is 0 Å². The molecule has 1 aliphatic rings. The smallest absolute Gasteiger partial charge is 0.321 e. The Hall–Kier alpha value is -3.98. The van der Waals surface area contributed by atoms with Crippen molar-refractivity contribution >= 4 is 22.9 Å². The number of H-pyrrole nitrogens is 1. The molecule has 8 nitrogen and oxygen atoms in total. The third-order valence-electron chi connectivity index (χ3n) is 5.95. The van der Waals surface area contributed by atoms with E-state index in [1.807, 2.05) is 30.3 Å². The van der Waals surface area contributed by atoms with Crippen LogP contribution < -0.4 is 10.1 Å². The Morgan fingerprint density at radius 2 is 1.89 bits per heavy atom. The van der Waals surface area contributed by atoms with E-state index in [4.69, 9.17) is 9.47 Å². The molecule has 2 aromatic heterocycles. The molecule has 5 rings (SSSR count). The average molecular weight is 476 g/mol. The number of methoxy groups -OCH3 is 1. The molecule has 2 N–H and O–H groups in total. The summed E-state index contributed by atoms with van der Waals surface area (Å²) in [5.41, 5.74) is 3.80. The van der Waals surface area contributed by atoms with Gasteiger partial charge in [-0.1, -0.05) is 12.1 Å². The van der Waals surface area contributed by atoms with E-state index in [-0.39, 0.29) is 11.6 Å². The second-order valence-corrected chi connectivity index (χ2v) is 8.37. The van der Waals surface area contributed by atoms with E-state index in [0.717, 1.165) is 42.8 Å². The Balaban J connectivity index is 1.37. The highest BCUT2D eigenvalue weighted by Crippen LogP contribution is 2.28. The van der Waals surface area contributed by atoms with Gasteiger partial charge >= 0.3 is 6.03 Å². The number of nitrogens with zero attached hydrogens (tertiary/aromatic N) is 3. The molecule has 35 heavy (non-hydrogen) atoms. The number of aromatic nitrogens is 3. The van der Waals surface area contributed by atoms with Crippen LogP contribution in [0.1, 0.15) is 12.8 Å². The number of likely N-dealkylation sites (tertiary alicyclic amines) is 1. The minimum atomic E-state index is -0.437. The lowest BCUT2D eigenvalue weighted by molar-refractivity contribution is 0.146. The van der Waals surface area contributed by atoms with Gasteiger partial charge in [0.1, 0.15) is 24.0 Å². The van der Waals surface area contributed by atoms with Gasteiger partial charge in [-0.15, -0.1) is 0 Å². The number of benzene rings is 2. The van der Waals surface area contributed by atoms with Crippen molar-refractivity contribution in [1.29, 1.82) is 0 Å². The van der Waals surface area contributed by atoms with E-state index >= 15 is 0 Å². The molecule has 2 aromatic carbocycles. The number of carbonyl (C=O) groups excluding carboxylic acids is 1. The van der Waals surface area contributed by atoms with E-state index in [2.05, 4.69) is 20.3 Å². The van der Waals surface area contributed by atoms with Crippen molar-refractivity contribution in [3.05, 3.63) is 60.5 Å². The fourth-order valence-electron chi connectivity index (χ4n) is 4.08. The van der Waals surface area contributed by atoms with Crippen LogP contribution >= 0.6 is 0 Å². The minimum Gasteiger partial charge on any atom is -0.491 e. The number of ether oxygens (including phenoxy) is 2. The molecule has 0 radical (unpaired) electrons. The zero-order valence-electron chi connectivity index (χ0n) is 19.4. The van der Waals surface area contributed by atoms with Gasteiger partial charge in [0.25, 0.3) is 0 Å². The van der Waals surface area contributed by atoms with Gasteiger partial charge in [0.15, 0.2) is 5.65 Å². The summed E-state index contributed by atoms with van der Waals surface area (Å²) in [5, 5.41) is 2.85. The molecule has 0 spiro atoms. The summed E-state index contributed by atoms with van der Waals surface area (Å²) in [6.07, 6.45) is 3.74. The predicted molar refractivity (Wildman–Crippen MR) is 132 cm³/mol. The number of imidazole rings is 1. The molecule has 0 bridgehead atoms. The fraction of sp³-hybridized carbons (Fsp3) is 0.269. The lowest BCUT2D eigenvalue weighted by atomic mass is 10.1. The third kappa shape index (κ3) is 5.09. The van der Waals surface area contributed by atoms with Crippen molar-refractivity contribution in [2.24, 2.45) is 0 Å². The van der Waals surface area contributed by atoms with Gasteiger partial charge in [-0.2, -0.15) is 0 Å². The van der Waals surface area contributed by atoms with Crippen LogP contribution in [0.4, 0.5) is 14.9 Å². The highest BCUT2D eigenvalue weighted by molar-refractivity contribution is 5.90.